The second-order valence-electron chi connectivity index (χ2n) is 3.93. The molecule has 18 heavy (non-hydrogen) atoms. The van der Waals surface area contributed by atoms with Crippen molar-refractivity contribution in [1.82, 2.24) is 19.2 Å². The van der Waals surface area contributed by atoms with Gasteiger partial charge in [-0.2, -0.15) is 4.37 Å². The van der Waals surface area contributed by atoms with Crippen LogP contribution in [0.4, 0.5) is 5.82 Å². The lowest BCUT2D eigenvalue weighted by molar-refractivity contribution is -0.127. The number of amides is 1. The van der Waals surface area contributed by atoms with Crippen LogP contribution in [0.2, 0.25) is 0 Å². The molecule has 0 aliphatic carbocycles. The molecule has 2 aromatic heterocycles. The fourth-order valence-corrected chi connectivity index (χ4v) is 2.27. The van der Waals surface area contributed by atoms with Crippen molar-refractivity contribution >= 4 is 33.5 Å². The van der Waals surface area contributed by atoms with E-state index in [1.165, 1.54) is 17.9 Å². The van der Waals surface area contributed by atoms with Crippen molar-refractivity contribution in [2.24, 2.45) is 0 Å². The number of hydrogen-bond donors (Lipinski definition) is 1. The number of aryl methyl sites for hydroxylation is 1. The van der Waals surface area contributed by atoms with E-state index in [-0.39, 0.29) is 12.5 Å². The van der Waals surface area contributed by atoms with E-state index in [9.17, 15) is 4.79 Å². The minimum atomic E-state index is 0.0325. The number of nitrogens with one attached hydrogen (secondary N) is 1. The average Bonchev–Trinajstić information content (AvgIpc) is 2.77. The predicted octanol–water partition coefficient (Wildman–Crippen LogP) is 1.28. The van der Waals surface area contributed by atoms with Gasteiger partial charge in [0.05, 0.1) is 17.6 Å². The van der Waals surface area contributed by atoms with Gasteiger partial charge in [0.25, 0.3) is 0 Å². The van der Waals surface area contributed by atoms with Crippen molar-refractivity contribution in [3.63, 3.8) is 0 Å². The number of nitrogens with zero attached hydrogens (tertiary/aromatic N) is 4. The van der Waals surface area contributed by atoms with Crippen LogP contribution in [0.15, 0.2) is 6.33 Å². The molecule has 0 atom stereocenters. The zero-order chi connectivity index (χ0) is 13.1. The summed E-state index contributed by atoms with van der Waals surface area (Å²) in [6, 6.07) is 0. The highest BCUT2D eigenvalue weighted by molar-refractivity contribution is 7.13. The zero-order valence-electron chi connectivity index (χ0n) is 10.6. The molecule has 0 saturated carbocycles. The number of carbonyl (C=O) groups excluding carboxylic acids is 1. The number of rotatable bonds is 4. The average molecular weight is 265 g/mol. The molecule has 0 fully saturated rings. The van der Waals surface area contributed by atoms with E-state index in [1.54, 1.807) is 11.9 Å². The van der Waals surface area contributed by atoms with E-state index in [0.29, 0.717) is 12.4 Å². The summed E-state index contributed by atoms with van der Waals surface area (Å²) in [7, 11) is 1.77. The summed E-state index contributed by atoms with van der Waals surface area (Å²) < 4.78 is 4.24. The van der Waals surface area contributed by atoms with Gasteiger partial charge in [-0.15, -0.1) is 0 Å². The van der Waals surface area contributed by atoms with Crippen LogP contribution in [0.5, 0.6) is 0 Å². The normalized spacial score (nSPS) is 10.6. The Labute approximate surface area is 109 Å². The van der Waals surface area contributed by atoms with Gasteiger partial charge in [-0.25, -0.2) is 9.97 Å². The Balaban J connectivity index is 2.17. The second-order valence-corrected chi connectivity index (χ2v) is 4.68. The third kappa shape index (κ3) is 2.40. The predicted molar refractivity (Wildman–Crippen MR) is 71.7 cm³/mol. The lowest BCUT2D eigenvalue weighted by atomic mass is 10.3. The smallest absolute Gasteiger partial charge is 0.241 e. The first-order valence-electron chi connectivity index (χ1n) is 5.68. The Morgan fingerprint density at radius 3 is 3.00 bits per heavy atom. The maximum Gasteiger partial charge on any atom is 0.241 e. The van der Waals surface area contributed by atoms with E-state index in [4.69, 9.17) is 0 Å². The number of anilines is 1. The van der Waals surface area contributed by atoms with Crippen LogP contribution in [0.25, 0.3) is 10.2 Å². The summed E-state index contributed by atoms with van der Waals surface area (Å²) in [4.78, 5) is 22.5. The molecule has 0 unspecified atom stereocenters. The van der Waals surface area contributed by atoms with Crippen molar-refractivity contribution in [3.05, 3.63) is 12.0 Å². The molecule has 1 amide bonds. The molecule has 2 rings (SSSR count). The van der Waals surface area contributed by atoms with Gasteiger partial charge in [0.1, 0.15) is 17.0 Å². The monoisotopic (exact) mass is 265 g/mol. The Bertz CT molecular complexity index is 568. The molecule has 2 heterocycles. The number of aromatic nitrogens is 3. The van der Waals surface area contributed by atoms with Crippen molar-refractivity contribution in [1.29, 1.82) is 0 Å². The summed E-state index contributed by atoms with van der Waals surface area (Å²) in [5.41, 5.74) is 0.884. The quantitative estimate of drug-likeness (QED) is 0.901. The lowest BCUT2D eigenvalue weighted by Gasteiger charge is -2.15. The summed E-state index contributed by atoms with van der Waals surface area (Å²) >= 11 is 1.34. The summed E-state index contributed by atoms with van der Waals surface area (Å²) in [6.07, 6.45) is 1.48. The van der Waals surface area contributed by atoms with Crippen LogP contribution in [0, 0.1) is 6.92 Å². The first-order chi connectivity index (χ1) is 8.63. The Morgan fingerprint density at radius 2 is 2.28 bits per heavy atom. The Kier molecular flexibility index (Phi) is 3.71. The fourth-order valence-electron chi connectivity index (χ4n) is 1.53. The highest BCUT2D eigenvalue weighted by atomic mass is 32.1. The molecular formula is C11H15N5OS. The van der Waals surface area contributed by atoms with Crippen molar-refractivity contribution < 1.29 is 4.79 Å². The van der Waals surface area contributed by atoms with E-state index in [0.717, 1.165) is 15.9 Å². The summed E-state index contributed by atoms with van der Waals surface area (Å²) in [5.74, 6) is 0.703. The van der Waals surface area contributed by atoms with Crippen LogP contribution in [-0.4, -0.2) is 45.3 Å². The van der Waals surface area contributed by atoms with Gasteiger partial charge in [-0.05, 0) is 25.4 Å². The van der Waals surface area contributed by atoms with Gasteiger partial charge in [-0.3, -0.25) is 4.79 Å². The summed E-state index contributed by atoms with van der Waals surface area (Å²) in [6.45, 7) is 4.77. The molecule has 2 aromatic rings. The molecule has 0 aliphatic heterocycles. The van der Waals surface area contributed by atoms with Gasteiger partial charge in [0.2, 0.25) is 5.91 Å². The van der Waals surface area contributed by atoms with E-state index in [2.05, 4.69) is 19.7 Å². The minimum absolute atomic E-state index is 0.0325. The fraction of sp³-hybridized carbons (Fsp3) is 0.455. The van der Waals surface area contributed by atoms with E-state index >= 15 is 0 Å². The zero-order valence-corrected chi connectivity index (χ0v) is 11.4. The topological polar surface area (TPSA) is 71.0 Å². The van der Waals surface area contributed by atoms with Gasteiger partial charge in [-0.1, -0.05) is 0 Å². The molecule has 1 N–H and O–H groups in total. The molecule has 0 saturated heterocycles. The third-order valence-corrected chi connectivity index (χ3v) is 3.60. The SMILES string of the molecule is CCN(C)C(=O)CNc1ncnc2snc(C)c12. The van der Waals surface area contributed by atoms with Crippen LogP contribution >= 0.6 is 11.5 Å². The highest BCUT2D eigenvalue weighted by Crippen LogP contribution is 2.25. The molecule has 0 radical (unpaired) electrons. The van der Waals surface area contributed by atoms with Crippen LogP contribution in [0.1, 0.15) is 12.6 Å². The number of likely N-dealkylation sites (N-methyl/N-ethyl adjacent to an activating group) is 1. The molecule has 6 nitrogen and oxygen atoms in total. The van der Waals surface area contributed by atoms with Gasteiger partial charge >= 0.3 is 0 Å². The maximum atomic E-state index is 11.7. The van der Waals surface area contributed by atoms with Gasteiger partial charge < -0.3 is 10.2 Å². The minimum Gasteiger partial charge on any atom is -0.360 e. The van der Waals surface area contributed by atoms with E-state index < -0.39 is 0 Å². The summed E-state index contributed by atoms with van der Waals surface area (Å²) in [5, 5.41) is 3.95. The van der Waals surface area contributed by atoms with Crippen molar-refractivity contribution in [3.8, 4) is 0 Å². The Hall–Kier alpha value is -1.76. The standard InChI is InChI=1S/C11H15N5OS/c1-4-16(3)8(17)5-12-10-9-7(2)15-18-11(9)14-6-13-10/h6H,4-5H2,1-3H3,(H,12,13,14). The number of carbonyl (C=O) groups is 1. The Morgan fingerprint density at radius 1 is 1.50 bits per heavy atom. The first kappa shape index (κ1) is 12.7. The van der Waals surface area contributed by atoms with Crippen LogP contribution < -0.4 is 5.32 Å². The lowest BCUT2D eigenvalue weighted by Crippen LogP contribution is -2.32. The molecule has 7 heteroatoms. The third-order valence-electron chi connectivity index (χ3n) is 2.75. The number of hydrogen-bond acceptors (Lipinski definition) is 6. The highest BCUT2D eigenvalue weighted by Gasteiger charge is 2.12. The molecule has 0 bridgehead atoms. The molecule has 0 aromatic carbocycles. The number of fused-ring (bicyclic) bond motifs is 1. The van der Waals surface area contributed by atoms with Crippen molar-refractivity contribution in [2.75, 3.05) is 25.5 Å². The molecule has 96 valence electrons. The first-order valence-corrected chi connectivity index (χ1v) is 6.45. The molecule has 0 aliphatic rings. The van der Waals surface area contributed by atoms with Gasteiger partial charge in [0, 0.05) is 13.6 Å². The van der Waals surface area contributed by atoms with Crippen LogP contribution in [0.3, 0.4) is 0 Å². The van der Waals surface area contributed by atoms with Crippen molar-refractivity contribution in [2.45, 2.75) is 13.8 Å². The maximum absolute atomic E-state index is 11.7. The second kappa shape index (κ2) is 5.26. The molecular weight excluding hydrogens is 250 g/mol. The van der Waals surface area contributed by atoms with Gasteiger partial charge in [0.15, 0.2) is 0 Å². The van der Waals surface area contributed by atoms with Crippen LogP contribution in [-0.2, 0) is 4.79 Å². The largest absolute Gasteiger partial charge is 0.360 e. The van der Waals surface area contributed by atoms with E-state index in [1.807, 2.05) is 13.8 Å². The molecule has 0 spiro atoms.